The van der Waals surface area contributed by atoms with E-state index in [9.17, 15) is 14.4 Å². The molecule has 2 fully saturated rings. The van der Waals surface area contributed by atoms with Crippen LogP contribution in [0.25, 0.3) is 0 Å². The van der Waals surface area contributed by atoms with Crippen LogP contribution < -0.4 is 14.5 Å². The maximum Gasteiger partial charge on any atom is 0.292 e. The Morgan fingerprint density at radius 2 is 1.66 bits per heavy atom. The number of amides is 3. The highest BCUT2D eigenvalue weighted by Gasteiger charge is 2.46. The summed E-state index contributed by atoms with van der Waals surface area (Å²) in [5.74, 6) is 0.339. The second kappa shape index (κ2) is 8.05. The first kappa shape index (κ1) is 19.1. The molecule has 2 aliphatic heterocycles. The maximum absolute atomic E-state index is 13.0. The number of ether oxygens (including phenoxy) is 1. The Morgan fingerprint density at radius 1 is 1.00 bits per heavy atom. The van der Waals surface area contributed by atoms with E-state index >= 15 is 0 Å². The molecule has 0 spiro atoms. The second-order valence-electron chi connectivity index (χ2n) is 7.34. The summed E-state index contributed by atoms with van der Waals surface area (Å²) < 4.78 is 5.14. The molecule has 150 valence electrons. The molecule has 0 saturated carbocycles. The third-order valence-corrected chi connectivity index (χ3v) is 5.68. The summed E-state index contributed by atoms with van der Waals surface area (Å²) in [6, 6.07) is 15.8. The summed E-state index contributed by atoms with van der Waals surface area (Å²) in [6.45, 7) is 2.45. The molecule has 2 aliphatic rings. The van der Waals surface area contributed by atoms with Crippen LogP contribution in [0.4, 0.5) is 5.69 Å². The zero-order chi connectivity index (χ0) is 20.4. The Bertz CT molecular complexity index is 905. The van der Waals surface area contributed by atoms with E-state index in [1.165, 1.54) is 4.90 Å². The van der Waals surface area contributed by atoms with E-state index in [0.29, 0.717) is 43.2 Å². The molecule has 7 nitrogen and oxygen atoms in total. The van der Waals surface area contributed by atoms with Crippen molar-refractivity contribution in [3.63, 3.8) is 0 Å². The van der Waals surface area contributed by atoms with Crippen LogP contribution in [0.15, 0.2) is 54.6 Å². The number of nitrogens with one attached hydrogen (secondary N) is 1. The van der Waals surface area contributed by atoms with E-state index in [-0.39, 0.29) is 24.1 Å². The predicted molar refractivity (Wildman–Crippen MR) is 107 cm³/mol. The van der Waals surface area contributed by atoms with Gasteiger partial charge in [-0.05, 0) is 36.4 Å². The van der Waals surface area contributed by atoms with Crippen molar-refractivity contribution in [1.29, 1.82) is 0 Å². The summed E-state index contributed by atoms with van der Waals surface area (Å²) in [5.41, 5.74) is 1.24. The fourth-order valence-corrected chi connectivity index (χ4v) is 4.06. The Labute approximate surface area is 169 Å². The molecule has 1 atom stereocenters. The van der Waals surface area contributed by atoms with Crippen molar-refractivity contribution in [3.8, 4) is 5.75 Å². The molecule has 1 N–H and O–H groups in total. The lowest BCUT2D eigenvalue weighted by molar-refractivity contribution is -0.918. The lowest BCUT2D eigenvalue weighted by Gasteiger charge is -2.34. The van der Waals surface area contributed by atoms with Crippen LogP contribution >= 0.6 is 0 Å². The first-order valence-electron chi connectivity index (χ1n) is 9.78. The molecule has 3 amide bonds. The molecule has 0 unspecified atom stereocenters. The van der Waals surface area contributed by atoms with Crippen molar-refractivity contribution in [1.82, 2.24) is 4.90 Å². The highest BCUT2D eigenvalue weighted by molar-refractivity contribution is 6.21. The van der Waals surface area contributed by atoms with Gasteiger partial charge in [-0.3, -0.25) is 14.4 Å². The van der Waals surface area contributed by atoms with Gasteiger partial charge in [0.25, 0.3) is 11.8 Å². The molecule has 2 aromatic rings. The minimum absolute atomic E-state index is 0.0123. The third kappa shape index (κ3) is 3.73. The average Bonchev–Trinajstić information content (AvgIpc) is 3.08. The molecule has 0 aliphatic carbocycles. The number of nitrogens with zero attached hydrogens (tertiary/aromatic N) is 2. The zero-order valence-electron chi connectivity index (χ0n) is 16.3. The monoisotopic (exact) mass is 394 g/mol. The van der Waals surface area contributed by atoms with Crippen molar-refractivity contribution in [2.24, 2.45) is 0 Å². The van der Waals surface area contributed by atoms with Gasteiger partial charge in [0.05, 0.1) is 45.4 Å². The van der Waals surface area contributed by atoms with E-state index in [0.717, 1.165) is 4.90 Å². The molecule has 0 aromatic heterocycles. The molecular formula is C22H24N3O4+. The lowest BCUT2D eigenvalue weighted by Crippen LogP contribution is -3.19. The molecule has 2 heterocycles. The average molecular weight is 394 g/mol. The van der Waals surface area contributed by atoms with Crippen LogP contribution in [0.1, 0.15) is 16.8 Å². The summed E-state index contributed by atoms with van der Waals surface area (Å²) >= 11 is 0. The lowest BCUT2D eigenvalue weighted by atomic mass is 10.1. The van der Waals surface area contributed by atoms with E-state index in [4.69, 9.17) is 4.74 Å². The van der Waals surface area contributed by atoms with E-state index in [2.05, 4.69) is 0 Å². The van der Waals surface area contributed by atoms with Gasteiger partial charge in [0.1, 0.15) is 5.75 Å². The van der Waals surface area contributed by atoms with Gasteiger partial charge in [0.2, 0.25) is 5.91 Å². The zero-order valence-corrected chi connectivity index (χ0v) is 16.3. The molecule has 7 heteroatoms. The van der Waals surface area contributed by atoms with Gasteiger partial charge in [-0.1, -0.05) is 18.2 Å². The fraction of sp³-hybridized carbons (Fsp3) is 0.318. The number of piperazine rings is 1. The van der Waals surface area contributed by atoms with Gasteiger partial charge in [-0.15, -0.1) is 0 Å². The van der Waals surface area contributed by atoms with Crippen molar-refractivity contribution in [2.45, 2.75) is 12.5 Å². The topological polar surface area (TPSA) is 71.4 Å². The Balaban J connectivity index is 1.40. The maximum atomic E-state index is 13.0. The standard InChI is InChI=1S/C22H23N3O4/c1-29-18-9-7-17(8-10-18)25-20(26)15-19(22(25)28)23-11-13-24(14-12-23)21(27)16-5-3-2-4-6-16/h2-10,19H,11-15H2,1H3/p+1/t19-/m1/s1. The normalized spacial score (nSPS) is 20.2. The highest BCUT2D eigenvalue weighted by atomic mass is 16.5. The van der Waals surface area contributed by atoms with Crippen molar-refractivity contribution in [3.05, 3.63) is 60.2 Å². The molecule has 0 radical (unpaired) electrons. The van der Waals surface area contributed by atoms with Gasteiger partial charge in [-0.25, -0.2) is 4.90 Å². The highest BCUT2D eigenvalue weighted by Crippen LogP contribution is 2.24. The SMILES string of the molecule is COc1ccc(N2C(=O)C[C@@H]([NH+]3CCN(C(=O)c4ccccc4)CC3)C2=O)cc1. The molecule has 29 heavy (non-hydrogen) atoms. The summed E-state index contributed by atoms with van der Waals surface area (Å²) in [4.78, 5) is 42.3. The molecular weight excluding hydrogens is 370 g/mol. The Morgan fingerprint density at radius 3 is 2.28 bits per heavy atom. The first-order valence-corrected chi connectivity index (χ1v) is 9.78. The Kier molecular flexibility index (Phi) is 5.31. The second-order valence-corrected chi connectivity index (χ2v) is 7.34. The van der Waals surface area contributed by atoms with Crippen molar-refractivity contribution < 1.29 is 24.0 Å². The number of imide groups is 1. The van der Waals surface area contributed by atoms with Crippen LogP contribution in [-0.4, -0.2) is 62.0 Å². The van der Waals surface area contributed by atoms with Crippen molar-refractivity contribution >= 4 is 23.4 Å². The van der Waals surface area contributed by atoms with Gasteiger partial charge in [0, 0.05) is 5.56 Å². The minimum Gasteiger partial charge on any atom is -0.497 e. The van der Waals surface area contributed by atoms with Crippen molar-refractivity contribution in [2.75, 3.05) is 38.2 Å². The van der Waals surface area contributed by atoms with Gasteiger partial charge in [0.15, 0.2) is 6.04 Å². The molecule has 2 saturated heterocycles. The number of hydrogen-bond acceptors (Lipinski definition) is 4. The predicted octanol–water partition coefficient (Wildman–Crippen LogP) is 0.368. The quantitative estimate of drug-likeness (QED) is 0.761. The molecule has 2 aromatic carbocycles. The first-order chi connectivity index (χ1) is 14.1. The smallest absolute Gasteiger partial charge is 0.292 e. The van der Waals surface area contributed by atoms with Crippen LogP contribution in [0, 0.1) is 0 Å². The third-order valence-electron chi connectivity index (χ3n) is 5.68. The van der Waals surface area contributed by atoms with Crippen LogP contribution in [0.5, 0.6) is 5.75 Å². The van der Waals surface area contributed by atoms with Crippen LogP contribution in [0.3, 0.4) is 0 Å². The van der Waals surface area contributed by atoms with E-state index in [1.807, 2.05) is 35.2 Å². The Hall–Kier alpha value is -3.19. The summed E-state index contributed by atoms with van der Waals surface area (Å²) in [7, 11) is 1.57. The summed E-state index contributed by atoms with van der Waals surface area (Å²) in [6.07, 6.45) is 0.201. The van der Waals surface area contributed by atoms with Gasteiger partial charge >= 0.3 is 0 Å². The van der Waals surface area contributed by atoms with Gasteiger partial charge < -0.3 is 14.5 Å². The molecule has 4 rings (SSSR count). The van der Waals surface area contributed by atoms with Crippen LogP contribution in [-0.2, 0) is 9.59 Å². The number of methoxy groups -OCH3 is 1. The fourth-order valence-electron chi connectivity index (χ4n) is 4.06. The number of benzene rings is 2. The number of rotatable bonds is 4. The van der Waals surface area contributed by atoms with Crippen LogP contribution in [0.2, 0.25) is 0 Å². The largest absolute Gasteiger partial charge is 0.497 e. The van der Waals surface area contributed by atoms with E-state index in [1.54, 1.807) is 31.4 Å². The number of anilines is 1. The van der Waals surface area contributed by atoms with E-state index < -0.39 is 6.04 Å². The number of hydrogen-bond donors (Lipinski definition) is 1. The number of carbonyl (C=O) groups is 3. The van der Waals surface area contributed by atoms with Gasteiger partial charge in [-0.2, -0.15) is 0 Å². The minimum atomic E-state index is -0.390. The molecule has 0 bridgehead atoms. The summed E-state index contributed by atoms with van der Waals surface area (Å²) in [5, 5.41) is 0. The number of quaternary nitrogens is 1. The number of carbonyl (C=O) groups excluding carboxylic acids is 3.